The smallest absolute Gasteiger partial charge is 0.241 e. The van der Waals surface area contributed by atoms with E-state index >= 15 is 0 Å². The Labute approximate surface area is 180 Å². The molecular weight excluding hydrogens is 402 g/mol. The van der Waals surface area contributed by atoms with Crippen LogP contribution < -0.4 is 14.8 Å². The molecule has 8 heteroatoms. The largest absolute Gasteiger partial charge is 0.490 e. The minimum atomic E-state index is -0.394. The Balaban J connectivity index is 1.82. The molecule has 1 heterocycles. The van der Waals surface area contributed by atoms with Crippen molar-refractivity contribution in [2.75, 3.05) is 6.61 Å². The van der Waals surface area contributed by atoms with Gasteiger partial charge in [-0.1, -0.05) is 42.1 Å². The third-order valence-electron chi connectivity index (χ3n) is 4.45. The summed E-state index contributed by atoms with van der Waals surface area (Å²) in [6, 6.07) is 13.6. The van der Waals surface area contributed by atoms with Gasteiger partial charge in [0.1, 0.15) is 12.0 Å². The molecule has 7 nitrogen and oxygen atoms in total. The van der Waals surface area contributed by atoms with Crippen molar-refractivity contribution in [3.8, 4) is 11.5 Å². The lowest BCUT2D eigenvalue weighted by molar-refractivity contribution is -0.129. The number of nitrogens with zero attached hydrogens (tertiary/aromatic N) is 2. The molecule has 0 fully saturated rings. The highest BCUT2D eigenvalue weighted by Gasteiger charge is 2.33. The number of hydrogen-bond acceptors (Lipinski definition) is 6. The van der Waals surface area contributed by atoms with Crippen LogP contribution in [0.4, 0.5) is 0 Å². The Morgan fingerprint density at radius 3 is 2.57 bits per heavy atom. The molecule has 0 saturated heterocycles. The molecular formula is C22H25N3O4S. The van der Waals surface area contributed by atoms with Crippen LogP contribution in [0.15, 0.2) is 47.6 Å². The summed E-state index contributed by atoms with van der Waals surface area (Å²) in [6.07, 6.45) is 0. The highest BCUT2D eigenvalue weighted by atomic mass is 32.2. The van der Waals surface area contributed by atoms with Crippen LogP contribution in [0.1, 0.15) is 42.8 Å². The summed E-state index contributed by atoms with van der Waals surface area (Å²) in [5.74, 6) is 0.774. The van der Waals surface area contributed by atoms with Gasteiger partial charge in [-0.3, -0.25) is 9.59 Å². The second kappa shape index (κ2) is 9.67. The summed E-state index contributed by atoms with van der Waals surface area (Å²) in [5, 5.41) is 8.23. The number of hydrogen-bond donors (Lipinski definition) is 1. The number of aryl methyl sites for hydroxylation is 1. The van der Waals surface area contributed by atoms with Crippen LogP contribution in [0.5, 0.6) is 11.5 Å². The molecule has 0 aromatic heterocycles. The molecule has 1 N–H and O–H groups in total. The number of rotatable bonds is 6. The molecule has 1 atom stereocenters. The van der Waals surface area contributed by atoms with Crippen molar-refractivity contribution in [1.82, 2.24) is 10.3 Å². The van der Waals surface area contributed by atoms with Gasteiger partial charge in [0.15, 0.2) is 16.7 Å². The first-order valence-corrected chi connectivity index (χ1v) is 10.5. The molecule has 0 unspecified atom stereocenters. The topological polar surface area (TPSA) is 80.2 Å². The van der Waals surface area contributed by atoms with Gasteiger partial charge >= 0.3 is 0 Å². The van der Waals surface area contributed by atoms with Crippen LogP contribution in [0, 0.1) is 6.92 Å². The summed E-state index contributed by atoms with van der Waals surface area (Å²) in [6.45, 7) is 7.71. The zero-order valence-electron chi connectivity index (χ0n) is 17.5. The summed E-state index contributed by atoms with van der Waals surface area (Å²) in [5.41, 5.74) is 3.09. The summed E-state index contributed by atoms with van der Waals surface area (Å²) in [7, 11) is 0. The first-order valence-electron chi connectivity index (χ1n) is 9.65. The van der Waals surface area contributed by atoms with Crippen molar-refractivity contribution in [3.63, 3.8) is 0 Å². The van der Waals surface area contributed by atoms with Gasteiger partial charge in [-0.25, -0.2) is 5.01 Å². The van der Waals surface area contributed by atoms with E-state index in [0.29, 0.717) is 29.9 Å². The molecule has 1 aliphatic heterocycles. The van der Waals surface area contributed by atoms with Crippen LogP contribution in [0.25, 0.3) is 0 Å². The first kappa shape index (κ1) is 21.7. The molecule has 0 aliphatic carbocycles. The van der Waals surface area contributed by atoms with Gasteiger partial charge in [-0.05, 0) is 42.7 Å². The molecule has 1 aliphatic rings. The molecule has 3 rings (SSSR count). The summed E-state index contributed by atoms with van der Waals surface area (Å²) >= 11 is 1.30. The fourth-order valence-electron chi connectivity index (χ4n) is 2.97. The number of carbonyl (C=O) groups is 2. The number of nitrogens with one attached hydrogen (secondary N) is 1. The Morgan fingerprint density at radius 2 is 1.90 bits per heavy atom. The zero-order valence-corrected chi connectivity index (χ0v) is 18.3. The SMILES string of the molecule is CCOc1cc([C@H]2SC(NC(C)=O)=NN2C(C)=O)ccc1OCc1ccccc1C. The predicted octanol–water partition coefficient (Wildman–Crippen LogP) is 3.97. The number of ether oxygens (including phenoxy) is 2. The van der Waals surface area contributed by atoms with Crippen LogP contribution >= 0.6 is 11.8 Å². The van der Waals surface area contributed by atoms with Gasteiger partial charge in [-0.2, -0.15) is 0 Å². The second-order valence-corrected chi connectivity index (χ2v) is 7.84. The fourth-order valence-corrected chi connectivity index (χ4v) is 4.10. The van der Waals surface area contributed by atoms with Gasteiger partial charge in [0, 0.05) is 13.8 Å². The summed E-state index contributed by atoms with van der Waals surface area (Å²) < 4.78 is 11.8. The molecule has 0 spiro atoms. The lowest BCUT2D eigenvalue weighted by Gasteiger charge is -2.21. The van der Waals surface area contributed by atoms with E-state index in [9.17, 15) is 9.59 Å². The normalized spacial score (nSPS) is 15.5. The molecule has 0 saturated carbocycles. The van der Waals surface area contributed by atoms with Crippen LogP contribution in [0.3, 0.4) is 0 Å². The maximum atomic E-state index is 12.1. The van der Waals surface area contributed by atoms with Crippen molar-refractivity contribution in [3.05, 3.63) is 59.2 Å². The number of hydrazone groups is 1. The molecule has 0 bridgehead atoms. The quantitative estimate of drug-likeness (QED) is 0.754. The van der Waals surface area contributed by atoms with E-state index < -0.39 is 5.37 Å². The average molecular weight is 428 g/mol. The van der Waals surface area contributed by atoms with Crippen LogP contribution in [0.2, 0.25) is 0 Å². The standard InChI is InChI=1S/C22H25N3O4S/c1-5-28-20-12-17(21-25(16(4)27)24-22(30-21)23-15(3)26)10-11-19(20)29-13-18-9-7-6-8-14(18)2/h6-12,21H,5,13H2,1-4H3,(H,23,24,26)/t21-/m1/s1. The minimum Gasteiger partial charge on any atom is -0.490 e. The second-order valence-electron chi connectivity index (χ2n) is 6.77. The molecule has 2 aromatic rings. The van der Waals surface area contributed by atoms with Gasteiger partial charge in [0.25, 0.3) is 0 Å². The van der Waals surface area contributed by atoms with Gasteiger partial charge in [0.2, 0.25) is 11.8 Å². The number of amides is 2. The minimum absolute atomic E-state index is 0.217. The van der Waals surface area contributed by atoms with E-state index in [2.05, 4.69) is 10.4 Å². The van der Waals surface area contributed by atoms with Crippen molar-refractivity contribution in [2.45, 2.75) is 39.7 Å². The van der Waals surface area contributed by atoms with E-state index in [1.807, 2.05) is 56.3 Å². The van der Waals surface area contributed by atoms with Gasteiger partial charge in [0.05, 0.1) is 6.61 Å². The van der Waals surface area contributed by atoms with Crippen molar-refractivity contribution in [1.29, 1.82) is 0 Å². The number of amidine groups is 1. The van der Waals surface area contributed by atoms with Crippen LogP contribution in [-0.4, -0.2) is 28.6 Å². The van der Waals surface area contributed by atoms with E-state index in [0.717, 1.165) is 16.7 Å². The highest BCUT2D eigenvalue weighted by molar-refractivity contribution is 8.14. The predicted molar refractivity (Wildman–Crippen MR) is 117 cm³/mol. The maximum absolute atomic E-state index is 12.1. The van der Waals surface area contributed by atoms with E-state index in [1.165, 1.54) is 30.6 Å². The molecule has 30 heavy (non-hydrogen) atoms. The fraction of sp³-hybridized carbons (Fsp3) is 0.318. The van der Waals surface area contributed by atoms with Crippen molar-refractivity contribution >= 4 is 28.7 Å². The first-order chi connectivity index (χ1) is 14.4. The number of benzene rings is 2. The molecule has 2 aromatic carbocycles. The summed E-state index contributed by atoms with van der Waals surface area (Å²) in [4.78, 5) is 23.4. The molecule has 158 valence electrons. The highest BCUT2D eigenvalue weighted by Crippen LogP contribution is 2.41. The van der Waals surface area contributed by atoms with Gasteiger partial charge in [-0.15, -0.1) is 5.10 Å². The van der Waals surface area contributed by atoms with Gasteiger partial charge < -0.3 is 14.8 Å². The lowest BCUT2D eigenvalue weighted by Crippen LogP contribution is -2.25. The third kappa shape index (κ3) is 5.13. The molecule has 0 radical (unpaired) electrons. The average Bonchev–Trinajstić information content (AvgIpc) is 3.12. The van der Waals surface area contributed by atoms with Crippen LogP contribution in [-0.2, 0) is 16.2 Å². The maximum Gasteiger partial charge on any atom is 0.241 e. The van der Waals surface area contributed by atoms with Crippen molar-refractivity contribution in [2.24, 2.45) is 5.10 Å². The van der Waals surface area contributed by atoms with E-state index in [4.69, 9.17) is 9.47 Å². The van der Waals surface area contributed by atoms with Crippen molar-refractivity contribution < 1.29 is 19.1 Å². The zero-order chi connectivity index (χ0) is 21.7. The number of thioether (sulfide) groups is 1. The molecule has 2 amide bonds. The Hall–Kier alpha value is -3.00. The Kier molecular flexibility index (Phi) is 6.99. The van der Waals surface area contributed by atoms with E-state index in [1.54, 1.807) is 0 Å². The lowest BCUT2D eigenvalue weighted by atomic mass is 10.1. The number of carbonyl (C=O) groups excluding carboxylic acids is 2. The Morgan fingerprint density at radius 1 is 1.13 bits per heavy atom. The monoisotopic (exact) mass is 427 g/mol. The third-order valence-corrected chi connectivity index (χ3v) is 5.55. The Bertz CT molecular complexity index is 977. The van der Waals surface area contributed by atoms with E-state index in [-0.39, 0.29) is 11.8 Å².